The number of allylic oxidation sites excluding steroid dienone is 2. The van der Waals surface area contributed by atoms with Crippen molar-refractivity contribution in [3.63, 3.8) is 0 Å². The van der Waals surface area contributed by atoms with Crippen LogP contribution in [0.3, 0.4) is 0 Å². The monoisotopic (exact) mass is 292 g/mol. The lowest BCUT2D eigenvalue weighted by molar-refractivity contribution is 1.03. The van der Waals surface area contributed by atoms with Crippen molar-refractivity contribution in [3.05, 3.63) is 72.7 Å². The third kappa shape index (κ3) is 3.09. The summed E-state index contributed by atoms with van der Waals surface area (Å²) in [6, 6.07) is 10.5. The molecule has 0 fully saturated rings. The molecule has 3 aromatic rings. The van der Waals surface area contributed by atoms with Gasteiger partial charge < -0.3 is 0 Å². The third-order valence-corrected chi connectivity index (χ3v) is 4.37. The zero-order valence-corrected chi connectivity index (χ0v) is 12.6. The first kappa shape index (κ1) is 13.7. The summed E-state index contributed by atoms with van der Waals surface area (Å²) in [7, 11) is 0. The van der Waals surface area contributed by atoms with E-state index in [0.717, 1.165) is 29.8 Å². The molecule has 0 radical (unpaired) electrons. The Morgan fingerprint density at radius 2 is 1.76 bits per heavy atom. The fourth-order valence-corrected chi connectivity index (χ4v) is 3.00. The highest BCUT2D eigenvalue weighted by Crippen LogP contribution is 2.27. The van der Waals surface area contributed by atoms with E-state index in [9.17, 15) is 0 Å². The number of hydrogen-bond donors (Lipinski definition) is 0. The van der Waals surface area contributed by atoms with Gasteiger partial charge in [0.1, 0.15) is 0 Å². The van der Waals surface area contributed by atoms with Crippen LogP contribution in [0.15, 0.2) is 61.3 Å². The molecule has 2 nitrogen and oxygen atoms in total. The Bertz CT molecular complexity index is 787. The fourth-order valence-electron chi connectivity index (χ4n) is 2.23. The first-order valence-corrected chi connectivity index (χ1v) is 7.72. The van der Waals surface area contributed by atoms with Gasteiger partial charge in [-0.2, -0.15) is 0 Å². The van der Waals surface area contributed by atoms with Crippen molar-refractivity contribution >= 4 is 32.6 Å². The van der Waals surface area contributed by atoms with Crippen molar-refractivity contribution in [3.8, 4) is 0 Å². The smallest absolute Gasteiger partial charge is 0.154 e. The lowest BCUT2D eigenvalue weighted by atomic mass is 9.99. The zero-order valence-electron chi connectivity index (χ0n) is 11.7. The van der Waals surface area contributed by atoms with Gasteiger partial charge in [0.05, 0.1) is 0 Å². The molecule has 3 heteroatoms. The van der Waals surface area contributed by atoms with Crippen LogP contribution >= 0.6 is 11.3 Å². The summed E-state index contributed by atoms with van der Waals surface area (Å²) in [5.41, 5.74) is 3.27. The maximum atomic E-state index is 4.22. The van der Waals surface area contributed by atoms with E-state index < -0.39 is 0 Å². The van der Waals surface area contributed by atoms with E-state index in [0.29, 0.717) is 0 Å². The van der Waals surface area contributed by atoms with E-state index in [1.54, 1.807) is 23.7 Å². The van der Waals surface area contributed by atoms with Gasteiger partial charge in [-0.1, -0.05) is 19.2 Å². The Balaban J connectivity index is 1.67. The van der Waals surface area contributed by atoms with Gasteiger partial charge in [-0.25, -0.2) is 9.97 Å². The van der Waals surface area contributed by atoms with Gasteiger partial charge in [-0.05, 0) is 64.6 Å². The summed E-state index contributed by atoms with van der Waals surface area (Å²) in [6.45, 7) is 8.27. The van der Waals surface area contributed by atoms with Crippen LogP contribution < -0.4 is 0 Å². The highest BCUT2D eigenvalue weighted by Gasteiger charge is 2.05. The second-order valence-corrected chi connectivity index (χ2v) is 5.90. The molecule has 2 heterocycles. The molecule has 0 aliphatic heterocycles. The van der Waals surface area contributed by atoms with Gasteiger partial charge in [0.15, 0.2) is 5.82 Å². The van der Waals surface area contributed by atoms with Crippen LogP contribution in [-0.2, 0) is 0 Å². The van der Waals surface area contributed by atoms with Gasteiger partial charge in [0.25, 0.3) is 0 Å². The molecule has 3 rings (SSSR count). The largest absolute Gasteiger partial charge is 0.237 e. The van der Waals surface area contributed by atoms with Crippen LogP contribution in [0.1, 0.15) is 24.2 Å². The standard InChI is InChI=1S/C18H16N2S/c1-13(4-5-14(2)18-19-9-3-10-20-18)15-6-7-17-16(12-15)8-11-21-17/h3,6-12H,1-2,4-5H2. The van der Waals surface area contributed by atoms with E-state index in [-0.39, 0.29) is 0 Å². The first-order chi connectivity index (χ1) is 10.2. The number of hydrogen-bond acceptors (Lipinski definition) is 3. The second-order valence-electron chi connectivity index (χ2n) is 4.95. The summed E-state index contributed by atoms with van der Waals surface area (Å²) in [6.07, 6.45) is 5.18. The van der Waals surface area contributed by atoms with Crippen LogP contribution in [-0.4, -0.2) is 9.97 Å². The van der Waals surface area contributed by atoms with Crippen LogP contribution in [0.25, 0.3) is 21.2 Å². The highest BCUT2D eigenvalue weighted by molar-refractivity contribution is 7.17. The van der Waals surface area contributed by atoms with Gasteiger partial charge in [0.2, 0.25) is 0 Å². The molecule has 0 aliphatic rings. The first-order valence-electron chi connectivity index (χ1n) is 6.84. The van der Waals surface area contributed by atoms with Crippen molar-refractivity contribution in [1.29, 1.82) is 0 Å². The Hall–Kier alpha value is -2.26. The topological polar surface area (TPSA) is 25.8 Å². The maximum Gasteiger partial charge on any atom is 0.154 e. The average Bonchev–Trinajstić information content (AvgIpc) is 3.00. The number of benzene rings is 1. The van der Waals surface area contributed by atoms with Crippen molar-refractivity contribution in [1.82, 2.24) is 9.97 Å². The van der Waals surface area contributed by atoms with Crippen LogP contribution in [0.2, 0.25) is 0 Å². The lowest BCUT2D eigenvalue weighted by Crippen LogP contribution is -1.92. The molecule has 0 saturated heterocycles. The number of thiophene rings is 1. The minimum atomic E-state index is 0.721. The quantitative estimate of drug-likeness (QED) is 0.646. The van der Waals surface area contributed by atoms with E-state index in [1.165, 1.54) is 15.6 Å². The molecule has 0 atom stereocenters. The maximum absolute atomic E-state index is 4.22. The predicted molar refractivity (Wildman–Crippen MR) is 91.2 cm³/mol. The molecular weight excluding hydrogens is 276 g/mol. The molecule has 0 spiro atoms. The molecule has 0 N–H and O–H groups in total. The summed E-state index contributed by atoms with van der Waals surface area (Å²) < 4.78 is 1.31. The molecular formula is C18H16N2S. The molecule has 1 aromatic carbocycles. The Kier molecular flexibility index (Phi) is 3.93. The van der Waals surface area contributed by atoms with Gasteiger partial charge in [-0.15, -0.1) is 11.3 Å². The normalized spacial score (nSPS) is 10.7. The van der Waals surface area contributed by atoms with Crippen LogP contribution in [0, 0.1) is 0 Å². The van der Waals surface area contributed by atoms with E-state index >= 15 is 0 Å². The zero-order chi connectivity index (χ0) is 14.7. The SMILES string of the molecule is C=C(CCC(=C)c1ncccn1)c1ccc2sccc2c1. The molecule has 0 amide bonds. The Morgan fingerprint density at radius 1 is 1.00 bits per heavy atom. The number of aromatic nitrogens is 2. The third-order valence-electron chi connectivity index (χ3n) is 3.47. The summed E-state index contributed by atoms with van der Waals surface area (Å²) in [5, 5.41) is 3.40. The minimum Gasteiger partial charge on any atom is -0.237 e. The van der Waals surface area contributed by atoms with Crippen LogP contribution in [0.4, 0.5) is 0 Å². The lowest BCUT2D eigenvalue weighted by Gasteiger charge is -2.08. The summed E-state index contributed by atoms with van der Waals surface area (Å²) in [4.78, 5) is 8.45. The van der Waals surface area contributed by atoms with Crippen molar-refractivity contribution in [2.45, 2.75) is 12.8 Å². The van der Waals surface area contributed by atoms with Gasteiger partial charge >= 0.3 is 0 Å². The minimum absolute atomic E-state index is 0.721. The van der Waals surface area contributed by atoms with Crippen molar-refractivity contribution < 1.29 is 0 Å². The Morgan fingerprint density at radius 3 is 2.57 bits per heavy atom. The second kappa shape index (κ2) is 6.02. The van der Waals surface area contributed by atoms with E-state index in [2.05, 4.69) is 52.8 Å². The summed E-state index contributed by atoms with van der Waals surface area (Å²) >= 11 is 1.76. The summed E-state index contributed by atoms with van der Waals surface area (Å²) in [5.74, 6) is 0.721. The number of rotatable bonds is 5. The predicted octanol–water partition coefficient (Wildman–Crippen LogP) is 5.20. The molecule has 104 valence electrons. The number of nitrogens with zero attached hydrogens (tertiary/aromatic N) is 2. The number of fused-ring (bicyclic) bond motifs is 1. The van der Waals surface area contributed by atoms with Crippen LogP contribution in [0.5, 0.6) is 0 Å². The van der Waals surface area contributed by atoms with Crippen molar-refractivity contribution in [2.75, 3.05) is 0 Å². The molecule has 2 aromatic heterocycles. The molecule has 21 heavy (non-hydrogen) atoms. The average molecular weight is 292 g/mol. The van der Waals surface area contributed by atoms with Gasteiger partial charge in [0, 0.05) is 17.1 Å². The van der Waals surface area contributed by atoms with Crippen molar-refractivity contribution in [2.24, 2.45) is 0 Å². The fraction of sp³-hybridized carbons (Fsp3) is 0.111. The molecule has 0 unspecified atom stereocenters. The Labute approximate surface area is 128 Å². The molecule has 0 saturated carbocycles. The van der Waals surface area contributed by atoms with E-state index in [1.807, 2.05) is 6.07 Å². The molecule has 0 bridgehead atoms. The van der Waals surface area contributed by atoms with E-state index in [4.69, 9.17) is 0 Å². The highest BCUT2D eigenvalue weighted by atomic mass is 32.1. The van der Waals surface area contributed by atoms with Gasteiger partial charge in [-0.3, -0.25) is 0 Å². The molecule has 0 aliphatic carbocycles.